The molecule has 0 saturated heterocycles. The van der Waals surface area contributed by atoms with Crippen molar-refractivity contribution in [3.8, 4) is 11.4 Å². The van der Waals surface area contributed by atoms with Crippen molar-refractivity contribution in [1.29, 1.82) is 0 Å². The van der Waals surface area contributed by atoms with Gasteiger partial charge in [-0.25, -0.2) is 9.48 Å². The number of ether oxygens (including phenoxy) is 1. The average Bonchev–Trinajstić information content (AvgIpc) is 2.77. The molecule has 94 valence electrons. The fraction of sp³-hybridized carbons (Fsp3) is 0.0909. The summed E-state index contributed by atoms with van der Waals surface area (Å²) in [5, 5.41) is 12.5. The van der Waals surface area contributed by atoms with Crippen LogP contribution in [-0.2, 0) is 0 Å². The number of rotatable bonds is 4. The molecular weight excluding hydrogens is 246 g/mol. The summed E-state index contributed by atoms with van der Waals surface area (Å²) < 4.78 is 29.6. The Bertz CT molecular complexity index is 569. The monoisotopic (exact) mass is 254 g/mol. The summed E-state index contributed by atoms with van der Waals surface area (Å²) in [6, 6.07) is 7.12. The predicted octanol–water partition coefficient (Wildman–Crippen LogP) is 2.17. The maximum atomic E-state index is 12.0. The van der Waals surface area contributed by atoms with Gasteiger partial charge in [0.2, 0.25) is 0 Å². The molecule has 5 nitrogen and oxygen atoms in total. The Hall–Kier alpha value is -2.44. The number of carboxylic acid groups (broad SMARTS) is 1. The molecule has 0 bridgehead atoms. The lowest BCUT2D eigenvalue weighted by Gasteiger charge is -2.06. The molecule has 0 aliphatic carbocycles. The normalized spacial score (nSPS) is 10.6. The number of hydrogen-bond acceptors (Lipinski definition) is 3. The lowest BCUT2D eigenvalue weighted by Crippen LogP contribution is -2.04. The van der Waals surface area contributed by atoms with Crippen molar-refractivity contribution in [2.75, 3.05) is 0 Å². The van der Waals surface area contributed by atoms with Crippen molar-refractivity contribution >= 4 is 5.97 Å². The molecule has 2 aromatic rings. The molecule has 0 unspecified atom stereocenters. The molecule has 0 spiro atoms. The van der Waals surface area contributed by atoms with Crippen LogP contribution >= 0.6 is 0 Å². The van der Waals surface area contributed by atoms with Crippen LogP contribution < -0.4 is 4.74 Å². The van der Waals surface area contributed by atoms with Crippen LogP contribution in [0.5, 0.6) is 5.75 Å². The van der Waals surface area contributed by atoms with Gasteiger partial charge in [-0.3, -0.25) is 0 Å². The summed E-state index contributed by atoms with van der Waals surface area (Å²) in [5.41, 5.74) is 0.302. The van der Waals surface area contributed by atoms with E-state index >= 15 is 0 Å². The van der Waals surface area contributed by atoms with Crippen molar-refractivity contribution < 1.29 is 23.4 Å². The van der Waals surface area contributed by atoms with Crippen molar-refractivity contribution in [2.45, 2.75) is 6.61 Å². The summed E-state index contributed by atoms with van der Waals surface area (Å²) in [6.45, 7) is -2.91. The number of alkyl halides is 2. The van der Waals surface area contributed by atoms with Crippen molar-refractivity contribution in [3.05, 3.63) is 42.2 Å². The largest absolute Gasteiger partial charge is 0.476 e. The second kappa shape index (κ2) is 4.82. The molecule has 0 saturated carbocycles. The molecule has 2 rings (SSSR count). The fourth-order valence-corrected chi connectivity index (χ4v) is 1.38. The molecule has 1 heterocycles. The third kappa shape index (κ3) is 2.62. The van der Waals surface area contributed by atoms with E-state index in [4.69, 9.17) is 5.11 Å². The van der Waals surface area contributed by atoms with Gasteiger partial charge in [-0.2, -0.15) is 13.9 Å². The first kappa shape index (κ1) is 12.0. The Balaban J connectivity index is 2.29. The number of aromatic nitrogens is 2. The van der Waals surface area contributed by atoms with E-state index in [1.807, 2.05) is 0 Å². The summed E-state index contributed by atoms with van der Waals surface area (Å²) in [6.07, 6.45) is 1.42. The fourth-order valence-electron chi connectivity index (χ4n) is 1.38. The van der Waals surface area contributed by atoms with E-state index in [2.05, 4.69) is 9.84 Å². The van der Waals surface area contributed by atoms with Gasteiger partial charge in [0.15, 0.2) is 5.69 Å². The van der Waals surface area contributed by atoms with Crippen LogP contribution in [-0.4, -0.2) is 27.5 Å². The first-order valence-corrected chi connectivity index (χ1v) is 4.90. The number of aromatic carboxylic acids is 1. The van der Waals surface area contributed by atoms with Crippen molar-refractivity contribution in [1.82, 2.24) is 9.78 Å². The molecule has 0 amide bonds. The zero-order valence-electron chi connectivity index (χ0n) is 8.96. The Morgan fingerprint density at radius 2 is 2.17 bits per heavy atom. The number of benzene rings is 1. The van der Waals surface area contributed by atoms with Gasteiger partial charge in [-0.15, -0.1) is 0 Å². The summed E-state index contributed by atoms with van der Waals surface area (Å²) in [4.78, 5) is 10.7. The first-order valence-electron chi connectivity index (χ1n) is 4.90. The SMILES string of the molecule is O=C(O)c1ccn(-c2cccc(OC(F)F)c2)n1. The van der Waals surface area contributed by atoms with Crippen LogP contribution in [0, 0.1) is 0 Å². The van der Waals surface area contributed by atoms with Crippen molar-refractivity contribution in [3.63, 3.8) is 0 Å². The van der Waals surface area contributed by atoms with Gasteiger partial charge in [-0.05, 0) is 18.2 Å². The molecule has 7 heteroatoms. The van der Waals surface area contributed by atoms with E-state index in [-0.39, 0.29) is 11.4 Å². The van der Waals surface area contributed by atoms with E-state index in [0.717, 1.165) is 0 Å². The molecule has 0 atom stereocenters. The average molecular weight is 254 g/mol. The second-order valence-electron chi connectivity index (χ2n) is 3.33. The van der Waals surface area contributed by atoms with E-state index in [1.165, 1.54) is 35.1 Å². The van der Waals surface area contributed by atoms with Crippen LogP contribution in [0.15, 0.2) is 36.5 Å². The lowest BCUT2D eigenvalue weighted by molar-refractivity contribution is -0.0498. The molecule has 1 aromatic heterocycles. The van der Waals surface area contributed by atoms with Gasteiger partial charge in [0.1, 0.15) is 5.75 Å². The molecule has 0 fully saturated rings. The van der Waals surface area contributed by atoms with Crippen LogP contribution in [0.4, 0.5) is 8.78 Å². The standard InChI is InChI=1S/C11H8F2N2O3/c12-11(13)18-8-3-1-2-7(6-8)15-5-4-9(14-15)10(16)17/h1-6,11H,(H,16,17). The van der Waals surface area contributed by atoms with Gasteiger partial charge in [0.25, 0.3) is 0 Å². The van der Waals surface area contributed by atoms with Crippen molar-refractivity contribution in [2.24, 2.45) is 0 Å². The third-order valence-corrected chi connectivity index (χ3v) is 2.12. The summed E-state index contributed by atoms with van der Waals surface area (Å²) >= 11 is 0. The molecule has 1 N–H and O–H groups in total. The van der Waals surface area contributed by atoms with Crippen LogP contribution in [0.25, 0.3) is 5.69 Å². The van der Waals surface area contributed by atoms with E-state index < -0.39 is 12.6 Å². The Kier molecular flexibility index (Phi) is 3.22. The van der Waals surface area contributed by atoms with E-state index in [0.29, 0.717) is 5.69 Å². The maximum absolute atomic E-state index is 12.0. The number of carboxylic acids is 1. The third-order valence-electron chi connectivity index (χ3n) is 2.12. The zero-order valence-corrected chi connectivity index (χ0v) is 8.96. The molecule has 0 radical (unpaired) electrons. The minimum Gasteiger partial charge on any atom is -0.476 e. The summed E-state index contributed by atoms with van der Waals surface area (Å²) in [7, 11) is 0. The minimum absolute atomic E-state index is 0.0186. The highest BCUT2D eigenvalue weighted by Gasteiger charge is 2.09. The van der Waals surface area contributed by atoms with Gasteiger partial charge in [-0.1, -0.05) is 6.07 Å². The quantitative estimate of drug-likeness (QED) is 0.908. The molecule has 0 aliphatic rings. The smallest absolute Gasteiger partial charge is 0.387 e. The number of nitrogens with zero attached hydrogens (tertiary/aromatic N) is 2. The molecule has 1 aromatic carbocycles. The Labute approximate surface area is 100 Å². The molecular formula is C11H8F2N2O3. The van der Waals surface area contributed by atoms with E-state index in [9.17, 15) is 13.6 Å². The molecule has 0 aliphatic heterocycles. The Morgan fingerprint density at radius 3 is 2.78 bits per heavy atom. The number of halogens is 2. The van der Waals surface area contributed by atoms with Crippen LogP contribution in [0.3, 0.4) is 0 Å². The minimum atomic E-state index is -2.91. The van der Waals surface area contributed by atoms with Gasteiger partial charge >= 0.3 is 12.6 Å². The van der Waals surface area contributed by atoms with Gasteiger partial charge in [0, 0.05) is 12.3 Å². The number of carbonyl (C=O) groups is 1. The van der Waals surface area contributed by atoms with E-state index in [1.54, 1.807) is 6.07 Å². The topological polar surface area (TPSA) is 64.3 Å². The lowest BCUT2D eigenvalue weighted by atomic mass is 10.3. The molecule has 18 heavy (non-hydrogen) atoms. The van der Waals surface area contributed by atoms with Gasteiger partial charge < -0.3 is 9.84 Å². The van der Waals surface area contributed by atoms with Crippen LogP contribution in [0.2, 0.25) is 0 Å². The number of hydrogen-bond donors (Lipinski definition) is 1. The first-order chi connectivity index (χ1) is 8.56. The highest BCUT2D eigenvalue weighted by molar-refractivity contribution is 5.85. The zero-order chi connectivity index (χ0) is 13.1. The predicted molar refractivity (Wildman–Crippen MR) is 57.2 cm³/mol. The van der Waals surface area contributed by atoms with Crippen LogP contribution in [0.1, 0.15) is 10.5 Å². The maximum Gasteiger partial charge on any atom is 0.387 e. The second-order valence-corrected chi connectivity index (χ2v) is 3.33. The Morgan fingerprint density at radius 1 is 1.39 bits per heavy atom. The summed E-state index contributed by atoms with van der Waals surface area (Å²) in [5.74, 6) is -1.18. The highest BCUT2D eigenvalue weighted by atomic mass is 19.3. The highest BCUT2D eigenvalue weighted by Crippen LogP contribution is 2.18. The van der Waals surface area contributed by atoms with Gasteiger partial charge in [0.05, 0.1) is 5.69 Å².